The molecule has 1 aromatic carbocycles. The second-order valence-electron chi connectivity index (χ2n) is 6.90. The van der Waals surface area contributed by atoms with Crippen LogP contribution in [0.3, 0.4) is 0 Å². The van der Waals surface area contributed by atoms with Crippen molar-refractivity contribution < 1.29 is 9.29 Å². The first-order chi connectivity index (χ1) is 12.1. The van der Waals surface area contributed by atoms with Gasteiger partial charge in [-0.15, -0.1) is 0 Å². The van der Waals surface area contributed by atoms with Gasteiger partial charge in [0.1, 0.15) is 23.7 Å². The van der Waals surface area contributed by atoms with Crippen LogP contribution >= 0.6 is 0 Å². The second-order valence-corrected chi connectivity index (χ2v) is 6.90. The number of quaternary nitrogens is 1. The lowest BCUT2D eigenvalue weighted by molar-refractivity contribution is -0.938. The number of fused-ring (bicyclic) bond motifs is 1. The van der Waals surface area contributed by atoms with Crippen LogP contribution in [-0.2, 0) is 6.54 Å². The SMILES string of the molecule is O=c1[nH]c(=O)n(-c2ccccc2F)c2c1C[NH+](C1CCCCC1)CN2. The molecule has 4 rings (SSSR count). The number of nitrogens with one attached hydrogen (secondary N) is 3. The molecule has 1 atom stereocenters. The van der Waals surface area contributed by atoms with Crippen molar-refractivity contribution in [1.82, 2.24) is 9.55 Å². The van der Waals surface area contributed by atoms with Gasteiger partial charge >= 0.3 is 5.69 Å². The Kier molecular flexibility index (Phi) is 4.17. The molecule has 0 bridgehead atoms. The van der Waals surface area contributed by atoms with Crippen molar-refractivity contribution in [3.8, 4) is 5.69 Å². The fraction of sp³-hybridized carbons (Fsp3) is 0.444. The summed E-state index contributed by atoms with van der Waals surface area (Å²) in [7, 11) is 0. The van der Waals surface area contributed by atoms with Gasteiger partial charge in [0, 0.05) is 0 Å². The van der Waals surface area contributed by atoms with Crippen LogP contribution in [-0.4, -0.2) is 22.3 Å². The fourth-order valence-electron chi connectivity index (χ4n) is 4.07. The maximum Gasteiger partial charge on any atom is 0.334 e. The van der Waals surface area contributed by atoms with E-state index in [1.54, 1.807) is 12.1 Å². The summed E-state index contributed by atoms with van der Waals surface area (Å²) in [4.78, 5) is 28.4. The van der Waals surface area contributed by atoms with E-state index in [0.717, 1.165) is 12.8 Å². The van der Waals surface area contributed by atoms with Gasteiger partial charge in [-0.3, -0.25) is 9.78 Å². The lowest BCUT2D eigenvalue weighted by atomic mass is 9.94. The van der Waals surface area contributed by atoms with Gasteiger partial charge in [0.15, 0.2) is 6.67 Å². The summed E-state index contributed by atoms with van der Waals surface area (Å²) in [5, 5.41) is 3.23. The first-order valence-electron chi connectivity index (χ1n) is 8.86. The smallest absolute Gasteiger partial charge is 0.324 e. The Hall–Kier alpha value is -2.41. The average molecular weight is 345 g/mol. The van der Waals surface area contributed by atoms with E-state index >= 15 is 0 Å². The molecule has 2 aromatic rings. The van der Waals surface area contributed by atoms with Crippen LogP contribution in [0.1, 0.15) is 37.7 Å². The Balaban J connectivity index is 1.77. The zero-order chi connectivity index (χ0) is 17.4. The Labute approximate surface area is 144 Å². The van der Waals surface area contributed by atoms with Gasteiger partial charge in [-0.1, -0.05) is 18.6 Å². The zero-order valence-corrected chi connectivity index (χ0v) is 14.0. The van der Waals surface area contributed by atoms with Crippen molar-refractivity contribution >= 4 is 5.82 Å². The molecule has 0 saturated heterocycles. The van der Waals surface area contributed by atoms with Gasteiger partial charge in [0.2, 0.25) is 0 Å². The number of aromatic amines is 1. The minimum atomic E-state index is -0.623. The van der Waals surface area contributed by atoms with Crippen LogP contribution in [0.5, 0.6) is 0 Å². The van der Waals surface area contributed by atoms with Gasteiger partial charge in [0.25, 0.3) is 5.56 Å². The van der Waals surface area contributed by atoms with Crippen LogP contribution in [0.25, 0.3) is 5.69 Å². The number of nitrogens with zero attached hydrogens (tertiary/aromatic N) is 1. The average Bonchev–Trinajstić information content (AvgIpc) is 2.64. The molecular formula is C18H22FN4O2+. The largest absolute Gasteiger partial charge is 0.334 e. The molecule has 1 aliphatic carbocycles. The molecule has 1 fully saturated rings. The highest BCUT2D eigenvalue weighted by Crippen LogP contribution is 2.20. The molecule has 2 heterocycles. The van der Waals surface area contributed by atoms with Gasteiger partial charge in [-0.25, -0.2) is 13.8 Å². The van der Waals surface area contributed by atoms with E-state index in [1.807, 2.05) is 0 Å². The maximum absolute atomic E-state index is 14.2. The maximum atomic E-state index is 14.2. The standard InChI is InChI=1S/C18H21FN4O2/c19-14-8-4-5-9-15(14)23-16-13(17(24)21-18(23)25)10-22(11-20-16)12-6-2-1-3-7-12/h4-5,8-9,12,20H,1-3,6-7,10-11H2,(H,21,24,25)/p+1. The Bertz CT molecular complexity index is 899. The molecule has 7 heteroatoms. The second kappa shape index (κ2) is 6.48. The monoisotopic (exact) mass is 345 g/mol. The van der Waals surface area contributed by atoms with Crippen LogP contribution in [0, 0.1) is 5.82 Å². The molecule has 132 valence electrons. The Morgan fingerprint density at radius 3 is 2.64 bits per heavy atom. The summed E-state index contributed by atoms with van der Waals surface area (Å²) in [6.45, 7) is 1.19. The molecular weight excluding hydrogens is 323 g/mol. The number of halogens is 1. The number of H-pyrrole nitrogens is 1. The van der Waals surface area contributed by atoms with Crippen molar-refractivity contribution in [2.45, 2.75) is 44.7 Å². The highest BCUT2D eigenvalue weighted by Gasteiger charge is 2.32. The predicted octanol–water partition coefficient (Wildman–Crippen LogP) is 0.765. The number of anilines is 1. The number of aromatic nitrogens is 2. The fourth-order valence-corrected chi connectivity index (χ4v) is 4.07. The molecule has 1 unspecified atom stereocenters. The molecule has 0 spiro atoms. The minimum absolute atomic E-state index is 0.147. The van der Waals surface area contributed by atoms with Crippen LogP contribution < -0.4 is 21.5 Å². The van der Waals surface area contributed by atoms with E-state index < -0.39 is 11.5 Å². The molecule has 3 N–H and O–H groups in total. The van der Waals surface area contributed by atoms with Crippen molar-refractivity contribution in [3.05, 3.63) is 56.5 Å². The van der Waals surface area contributed by atoms with E-state index in [9.17, 15) is 14.0 Å². The van der Waals surface area contributed by atoms with E-state index in [4.69, 9.17) is 0 Å². The highest BCUT2D eigenvalue weighted by atomic mass is 19.1. The van der Waals surface area contributed by atoms with E-state index in [1.165, 1.54) is 40.9 Å². The minimum Gasteiger partial charge on any atom is -0.324 e. The van der Waals surface area contributed by atoms with Gasteiger partial charge in [0.05, 0.1) is 11.7 Å². The molecule has 6 nitrogen and oxygen atoms in total. The summed E-state index contributed by atoms with van der Waals surface area (Å²) < 4.78 is 15.4. The molecule has 0 radical (unpaired) electrons. The van der Waals surface area contributed by atoms with Crippen LogP contribution in [0.15, 0.2) is 33.9 Å². The van der Waals surface area contributed by atoms with Crippen molar-refractivity contribution in [2.24, 2.45) is 0 Å². The molecule has 1 aliphatic heterocycles. The van der Waals surface area contributed by atoms with Crippen molar-refractivity contribution in [2.75, 3.05) is 12.0 Å². The molecule has 1 aromatic heterocycles. The molecule has 1 saturated carbocycles. The lowest BCUT2D eigenvalue weighted by Gasteiger charge is -2.35. The van der Waals surface area contributed by atoms with Crippen LogP contribution in [0.4, 0.5) is 10.2 Å². The van der Waals surface area contributed by atoms with Crippen LogP contribution in [0.2, 0.25) is 0 Å². The lowest BCUT2D eigenvalue weighted by Crippen LogP contribution is -3.16. The third kappa shape index (κ3) is 2.89. The number of para-hydroxylation sites is 1. The van der Waals surface area contributed by atoms with E-state index in [2.05, 4.69) is 10.3 Å². The molecule has 2 aliphatic rings. The zero-order valence-electron chi connectivity index (χ0n) is 14.0. The molecule has 0 amide bonds. The molecule has 25 heavy (non-hydrogen) atoms. The summed E-state index contributed by atoms with van der Waals surface area (Å²) >= 11 is 0. The summed E-state index contributed by atoms with van der Waals surface area (Å²) in [6.07, 6.45) is 6.06. The number of hydrogen-bond acceptors (Lipinski definition) is 3. The number of benzene rings is 1. The Morgan fingerprint density at radius 1 is 1.12 bits per heavy atom. The first kappa shape index (κ1) is 16.1. The van der Waals surface area contributed by atoms with E-state index in [-0.39, 0.29) is 11.2 Å². The third-order valence-electron chi connectivity index (χ3n) is 5.37. The van der Waals surface area contributed by atoms with Gasteiger partial charge in [-0.2, -0.15) is 0 Å². The quantitative estimate of drug-likeness (QED) is 0.753. The van der Waals surface area contributed by atoms with Gasteiger partial charge in [-0.05, 0) is 37.8 Å². The van der Waals surface area contributed by atoms with Crippen molar-refractivity contribution in [3.63, 3.8) is 0 Å². The summed E-state index contributed by atoms with van der Waals surface area (Å²) in [6, 6.07) is 6.62. The number of hydrogen-bond donors (Lipinski definition) is 3. The third-order valence-corrected chi connectivity index (χ3v) is 5.37. The van der Waals surface area contributed by atoms with Crippen molar-refractivity contribution in [1.29, 1.82) is 0 Å². The summed E-state index contributed by atoms with van der Waals surface area (Å²) in [5.74, 6) is -0.0823. The van der Waals surface area contributed by atoms with E-state index in [0.29, 0.717) is 30.6 Å². The number of rotatable bonds is 2. The first-order valence-corrected chi connectivity index (χ1v) is 8.86. The predicted molar refractivity (Wildman–Crippen MR) is 92.6 cm³/mol. The topological polar surface area (TPSA) is 71.3 Å². The normalized spacial score (nSPS) is 20.8. The van der Waals surface area contributed by atoms with Gasteiger partial charge < -0.3 is 10.2 Å². The Morgan fingerprint density at radius 2 is 1.88 bits per heavy atom. The summed E-state index contributed by atoms with van der Waals surface area (Å²) in [5.41, 5.74) is -0.334. The highest BCUT2D eigenvalue weighted by molar-refractivity contribution is 5.51.